The second kappa shape index (κ2) is 7.43. The number of alkyl halides is 3. The van der Waals surface area contributed by atoms with Gasteiger partial charge in [0.1, 0.15) is 5.82 Å². The van der Waals surface area contributed by atoms with E-state index in [2.05, 4.69) is 21.0 Å². The van der Waals surface area contributed by atoms with Crippen LogP contribution < -0.4 is 0 Å². The Labute approximate surface area is 193 Å². The van der Waals surface area contributed by atoms with Crippen molar-refractivity contribution in [2.45, 2.75) is 11.8 Å². The Morgan fingerprint density at radius 3 is 2.36 bits per heavy atom. The van der Waals surface area contributed by atoms with Gasteiger partial charge in [0, 0.05) is 39.6 Å². The molecule has 0 aliphatic carbocycles. The summed E-state index contributed by atoms with van der Waals surface area (Å²) in [5.74, 6) is -0.408. The largest absolute Gasteiger partial charge is 0.425 e. The highest BCUT2D eigenvalue weighted by Gasteiger charge is 2.57. The van der Waals surface area contributed by atoms with E-state index < -0.39 is 17.6 Å². The zero-order valence-electron chi connectivity index (χ0n) is 17.1. The number of aromatic nitrogens is 3. The van der Waals surface area contributed by atoms with Gasteiger partial charge < -0.3 is 9.67 Å². The Morgan fingerprint density at radius 1 is 0.939 bits per heavy atom. The number of benzene rings is 3. The van der Waals surface area contributed by atoms with E-state index in [1.807, 2.05) is 0 Å². The van der Waals surface area contributed by atoms with Gasteiger partial charge in [0.2, 0.25) is 5.60 Å². The highest BCUT2D eigenvalue weighted by Crippen LogP contribution is 2.47. The molecule has 0 amide bonds. The van der Waals surface area contributed by atoms with Gasteiger partial charge in [0.25, 0.3) is 0 Å². The molecule has 0 radical (unpaired) electrons. The van der Waals surface area contributed by atoms with Crippen molar-refractivity contribution < 1.29 is 22.7 Å². The third-order valence-electron chi connectivity index (χ3n) is 5.81. The summed E-state index contributed by atoms with van der Waals surface area (Å²) in [7, 11) is 1.63. The summed E-state index contributed by atoms with van der Waals surface area (Å²) in [5, 5.41) is 16.2. The van der Waals surface area contributed by atoms with Crippen LogP contribution in [0.1, 0.15) is 11.1 Å². The van der Waals surface area contributed by atoms with E-state index >= 15 is 0 Å². The molecule has 3 aromatic carbocycles. The minimum Gasteiger partial charge on any atom is -0.372 e. The van der Waals surface area contributed by atoms with E-state index in [0.717, 1.165) is 0 Å². The first-order chi connectivity index (χ1) is 15.6. The monoisotopic (exact) mass is 517 g/mol. The highest BCUT2D eigenvalue weighted by atomic mass is 79.9. The smallest absolute Gasteiger partial charge is 0.372 e. The molecule has 1 atom stereocenters. The summed E-state index contributed by atoms with van der Waals surface area (Å²) in [4.78, 5) is 0. The first kappa shape index (κ1) is 21.7. The number of hydrogen-bond acceptors (Lipinski definition) is 2. The van der Waals surface area contributed by atoms with Gasteiger partial charge in [-0.2, -0.15) is 18.3 Å². The van der Waals surface area contributed by atoms with Crippen LogP contribution >= 0.6 is 15.9 Å². The molecular weight excluding hydrogens is 502 g/mol. The molecule has 1 unspecified atom stereocenters. The van der Waals surface area contributed by atoms with E-state index in [1.165, 1.54) is 59.5 Å². The lowest BCUT2D eigenvalue weighted by molar-refractivity contribution is -0.247. The van der Waals surface area contributed by atoms with Crippen molar-refractivity contribution in [1.29, 1.82) is 0 Å². The molecule has 0 bridgehead atoms. The average Bonchev–Trinajstić information content (AvgIpc) is 3.34. The van der Waals surface area contributed by atoms with E-state index in [1.54, 1.807) is 29.8 Å². The molecule has 1 N–H and O–H groups in total. The van der Waals surface area contributed by atoms with Gasteiger partial charge in [-0.25, -0.2) is 9.07 Å². The van der Waals surface area contributed by atoms with Crippen molar-refractivity contribution in [3.8, 4) is 5.69 Å². The highest BCUT2D eigenvalue weighted by molar-refractivity contribution is 9.10. The molecule has 0 saturated carbocycles. The molecule has 33 heavy (non-hydrogen) atoms. The van der Waals surface area contributed by atoms with E-state index in [0.29, 0.717) is 32.0 Å². The Hall–Kier alpha value is -3.17. The Balaban J connectivity index is 1.71. The van der Waals surface area contributed by atoms with Crippen LogP contribution in [-0.2, 0) is 12.6 Å². The quantitative estimate of drug-likeness (QED) is 0.289. The molecule has 9 heteroatoms. The SMILES string of the molecule is Cn1cc(C(O)(c2ccc3c(cnn3-c3ccc(F)cc3)c2)C(F)(F)F)c2ccc(Br)cc21. The maximum Gasteiger partial charge on any atom is 0.425 e. The predicted octanol–water partition coefficient (Wildman–Crippen LogP) is 6.22. The molecule has 5 aromatic rings. The molecule has 0 spiro atoms. The lowest BCUT2D eigenvalue weighted by Crippen LogP contribution is -2.43. The zero-order chi connectivity index (χ0) is 23.5. The molecule has 5 rings (SSSR count). The van der Waals surface area contributed by atoms with E-state index in [4.69, 9.17) is 0 Å². The first-order valence-corrected chi connectivity index (χ1v) is 10.7. The number of nitrogens with zero attached hydrogens (tertiary/aromatic N) is 3. The van der Waals surface area contributed by atoms with E-state index in [-0.39, 0.29) is 11.1 Å². The van der Waals surface area contributed by atoms with Crippen LogP contribution in [0.3, 0.4) is 0 Å². The van der Waals surface area contributed by atoms with Crippen molar-refractivity contribution in [2.24, 2.45) is 7.05 Å². The number of aryl methyl sites for hydroxylation is 1. The predicted molar refractivity (Wildman–Crippen MR) is 121 cm³/mol. The van der Waals surface area contributed by atoms with Gasteiger partial charge in [-0.15, -0.1) is 0 Å². The van der Waals surface area contributed by atoms with Crippen molar-refractivity contribution in [2.75, 3.05) is 0 Å². The molecule has 0 saturated heterocycles. The van der Waals surface area contributed by atoms with Gasteiger partial charge in [-0.1, -0.05) is 28.1 Å². The number of aliphatic hydroxyl groups is 1. The Bertz CT molecular complexity index is 1500. The molecular formula is C24H16BrF4N3O. The van der Waals surface area contributed by atoms with Crippen molar-refractivity contribution in [1.82, 2.24) is 14.3 Å². The van der Waals surface area contributed by atoms with Gasteiger partial charge in [-0.05, 0) is 54.1 Å². The lowest BCUT2D eigenvalue weighted by atomic mass is 9.85. The molecule has 0 aliphatic rings. The van der Waals surface area contributed by atoms with Gasteiger partial charge >= 0.3 is 6.18 Å². The third kappa shape index (κ3) is 3.34. The van der Waals surface area contributed by atoms with Gasteiger partial charge in [0.15, 0.2) is 0 Å². The molecule has 0 aliphatic heterocycles. The molecule has 4 nitrogen and oxygen atoms in total. The fourth-order valence-electron chi connectivity index (χ4n) is 4.16. The van der Waals surface area contributed by atoms with Crippen molar-refractivity contribution >= 4 is 37.7 Å². The summed E-state index contributed by atoms with van der Waals surface area (Å²) in [5.41, 5.74) is -2.19. The van der Waals surface area contributed by atoms with Crippen LogP contribution in [0.5, 0.6) is 0 Å². The van der Waals surface area contributed by atoms with Crippen LogP contribution in [0, 0.1) is 5.82 Å². The summed E-state index contributed by atoms with van der Waals surface area (Å²) in [6.07, 6.45) is -2.27. The first-order valence-electron chi connectivity index (χ1n) is 9.88. The minimum atomic E-state index is -4.99. The van der Waals surface area contributed by atoms with Crippen LogP contribution in [0.15, 0.2) is 77.5 Å². The standard InChI is InChI=1S/C24H16BrF4N3O/c1-31-13-20(19-8-3-16(25)11-22(19)31)23(33,24(27,28)29)15-2-9-21-14(10-15)12-30-32(21)18-6-4-17(26)5-7-18/h2-13,33H,1H3. The maximum atomic E-state index is 14.5. The van der Waals surface area contributed by atoms with Gasteiger partial charge in [0.05, 0.1) is 17.4 Å². The summed E-state index contributed by atoms with van der Waals surface area (Å²) in [6, 6.07) is 14.5. The third-order valence-corrected chi connectivity index (χ3v) is 6.30. The topological polar surface area (TPSA) is 43.0 Å². The van der Waals surface area contributed by atoms with Crippen LogP contribution in [-0.4, -0.2) is 25.6 Å². The van der Waals surface area contributed by atoms with Crippen LogP contribution in [0.4, 0.5) is 17.6 Å². The number of fused-ring (bicyclic) bond motifs is 2. The van der Waals surface area contributed by atoms with E-state index in [9.17, 15) is 22.7 Å². The zero-order valence-corrected chi connectivity index (χ0v) is 18.7. The number of rotatable bonds is 3. The summed E-state index contributed by atoms with van der Waals surface area (Å²) >= 11 is 3.34. The molecule has 2 aromatic heterocycles. The summed E-state index contributed by atoms with van der Waals surface area (Å²) in [6.45, 7) is 0. The Kier molecular flexibility index (Phi) is 4.88. The molecule has 0 fully saturated rings. The fraction of sp³-hybridized carbons (Fsp3) is 0.125. The lowest BCUT2D eigenvalue weighted by Gasteiger charge is -2.31. The van der Waals surface area contributed by atoms with Crippen LogP contribution in [0.2, 0.25) is 0 Å². The average molecular weight is 518 g/mol. The number of halogens is 5. The van der Waals surface area contributed by atoms with Gasteiger partial charge in [-0.3, -0.25) is 0 Å². The molecule has 168 valence electrons. The number of hydrogen-bond donors (Lipinski definition) is 1. The van der Waals surface area contributed by atoms with Crippen molar-refractivity contribution in [3.05, 3.63) is 94.5 Å². The normalized spacial score (nSPS) is 14.2. The second-order valence-electron chi connectivity index (χ2n) is 7.83. The minimum absolute atomic E-state index is 0.259. The van der Waals surface area contributed by atoms with Crippen molar-refractivity contribution in [3.63, 3.8) is 0 Å². The van der Waals surface area contributed by atoms with Crippen LogP contribution in [0.25, 0.3) is 27.5 Å². The molecule has 2 heterocycles. The Morgan fingerprint density at radius 2 is 1.67 bits per heavy atom. The fourth-order valence-corrected chi connectivity index (χ4v) is 4.51. The maximum absolute atomic E-state index is 14.5. The summed E-state index contributed by atoms with van der Waals surface area (Å²) < 4.78 is 60.5. The second-order valence-corrected chi connectivity index (χ2v) is 8.75.